The number of carbonyl (C=O) groups excluding carboxylic acids is 3. The van der Waals surface area contributed by atoms with Crippen LogP contribution in [0.15, 0.2) is 12.5 Å². The van der Waals surface area contributed by atoms with Gasteiger partial charge >= 0.3 is 5.97 Å². The maximum Gasteiger partial charge on any atom is 0.328 e. The number of H-pyrrole nitrogens is 1. The molecule has 0 bridgehead atoms. The fraction of sp³-hybridized carbons (Fsp3) is 0.632. The number of rotatable bonds is 15. The number of amides is 3. The van der Waals surface area contributed by atoms with Gasteiger partial charge in [0.15, 0.2) is 6.04 Å². The van der Waals surface area contributed by atoms with E-state index in [1.807, 2.05) is 0 Å². The van der Waals surface area contributed by atoms with Gasteiger partial charge in [-0.05, 0) is 26.3 Å². The van der Waals surface area contributed by atoms with Crippen LogP contribution in [0.3, 0.4) is 0 Å². The van der Waals surface area contributed by atoms with Crippen molar-refractivity contribution in [2.75, 3.05) is 12.3 Å². The van der Waals surface area contributed by atoms with E-state index in [1.54, 1.807) is 0 Å². The van der Waals surface area contributed by atoms with Crippen molar-refractivity contribution in [3.05, 3.63) is 18.2 Å². The van der Waals surface area contributed by atoms with E-state index in [0.29, 0.717) is 31.5 Å². The lowest BCUT2D eigenvalue weighted by Crippen LogP contribution is -2.59. The Balaban J connectivity index is 2.89. The molecule has 3 amide bonds. The first kappa shape index (κ1) is 28.4. The number of unbranched alkanes of at least 4 members (excludes halogenated alkanes) is 1. The molecule has 10 N–H and O–H groups in total. The summed E-state index contributed by atoms with van der Waals surface area (Å²) >= 11 is 4.04. The number of hydrogen-bond donors (Lipinski definition) is 9. The predicted octanol–water partition coefficient (Wildman–Crippen LogP) is -2.74. The molecule has 33 heavy (non-hydrogen) atoms. The number of nitrogens with zero attached hydrogens (tertiary/aromatic N) is 1. The number of aliphatic hydroxyl groups is 1. The summed E-state index contributed by atoms with van der Waals surface area (Å²) < 4.78 is 0. The van der Waals surface area contributed by atoms with Gasteiger partial charge in [0.1, 0.15) is 12.1 Å². The number of nitrogens with two attached hydrogens (primary N) is 2. The van der Waals surface area contributed by atoms with Crippen LogP contribution < -0.4 is 27.4 Å². The maximum absolute atomic E-state index is 12.9. The number of nitrogens with one attached hydrogen (secondary N) is 4. The van der Waals surface area contributed by atoms with Crippen LogP contribution in [-0.2, 0) is 25.6 Å². The molecule has 13 nitrogen and oxygen atoms in total. The highest BCUT2D eigenvalue weighted by atomic mass is 32.1. The number of aromatic amines is 1. The van der Waals surface area contributed by atoms with Crippen molar-refractivity contribution >= 4 is 36.3 Å². The highest BCUT2D eigenvalue weighted by Crippen LogP contribution is 2.04. The number of aromatic nitrogens is 2. The second-order valence-corrected chi connectivity index (χ2v) is 7.91. The first-order valence-electron chi connectivity index (χ1n) is 10.5. The van der Waals surface area contributed by atoms with E-state index >= 15 is 0 Å². The van der Waals surface area contributed by atoms with Gasteiger partial charge in [0.05, 0.1) is 18.5 Å². The first-order chi connectivity index (χ1) is 15.6. The quantitative estimate of drug-likeness (QED) is 0.0922. The molecule has 0 aliphatic heterocycles. The molecule has 0 spiro atoms. The molecule has 0 saturated heterocycles. The Hall–Kier alpha value is -2.68. The highest BCUT2D eigenvalue weighted by Gasteiger charge is 2.31. The third-order valence-corrected chi connectivity index (χ3v) is 5.14. The van der Waals surface area contributed by atoms with Crippen molar-refractivity contribution in [2.24, 2.45) is 11.5 Å². The van der Waals surface area contributed by atoms with Gasteiger partial charge in [0.25, 0.3) is 0 Å². The lowest BCUT2D eigenvalue weighted by molar-refractivity contribution is -0.145. The Labute approximate surface area is 196 Å². The number of thiol groups is 1. The molecule has 0 fully saturated rings. The van der Waals surface area contributed by atoms with Gasteiger partial charge in [0, 0.05) is 24.1 Å². The summed E-state index contributed by atoms with van der Waals surface area (Å²) in [5.74, 6) is -3.69. The molecule has 1 rings (SSSR count). The average Bonchev–Trinajstić information content (AvgIpc) is 3.27. The van der Waals surface area contributed by atoms with Crippen LogP contribution in [0.25, 0.3) is 0 Å². The fourth-order valence-electron chi connectivity index (χ4n) is 2.85. The van der Waals surface area contributed by atoms with Gasteiger partial charge in [-0.15, -0.1) is 0 Å². The smallest absolute Gasteiger partial charge is 0.328 e. The summed E-state index contributed by atoms with van der Waals surface area (Å²) in [7, 11) is 0. The molecular formula is C19H33N7O6S. The Morgan fingerprint density at radius 2 is 1.76 bits per heavy atom. The van der Waals surface area contributed by atoms with Gasteiger partial charge in [-0.3, -0.25) is 14.4 Å². The molecule has 186 valence electrons. The van der Waals surface area contributed by atoms with Crippen molar-refractivity contribution in [1.29, 1.82) is 0 Å². The van der Waals surface area contributed by atoms with Crippen molar-refractivity contribution < 1.29 is 29.4 Å². The number of carboxylic acids is 1. The molecule has 1 aromatic rings. The standard InChI is InChI=1S/C19H33N7O6S/c1-10(27)15(19(31)32)26-18(30)14(8-33)25-17(29)13(6-11-7-22-9-23-11)24-16(28)12(21)4-2-3-5-20/h7,9-10,12-15,27,33H,2-6,8,20-21H2,1H3,(H,22,23)(H,24,28)(H,25,29)(H,26,30)(H,31,32). The third-order valence-electron chi connectivity index (χ3n) is 4.78. The molecule has 0 aliphatic rings. The van der Waals surface area contributed by atoms with Crippen LogP contribution in [0.1, 0.15) is 31.9 Å². The van der Waals surface area contributed by atoms with E-state index in [0.717, 1.165) is 0 Å². The largest absolute Gasteiger partial charge is 0.480 e. The number of aliphatic carboxylic acids is 1. The number of carboxylic acid groups (broad SMARTS) is 1. The second kappa shape index (κ2) is 14.5. The van der Waals surface area contributed by atoms with E-state index in [2.05, 4.69) is 38.5 Å². The normalized spacial score (nSPS) is 15.5. The minimum Gasteiger partial charge on any atom is -0.480 e. The summed E-state index contributed by atoms with van der Waals surface area (Å²) in [6, 6.07) is -4.73. The highest BCUT2D eigenvalue weighted by molar-refractivity contribution is 7.80. The zero-order valence-electron chi connectivity index (χ0n) is 18.4. The number of carbonyl (C=O) groups is 4. The molecule has 0 saturated carbocycles. The molecule has 5 atom stereocenters. The number of hydrogen-bond acceptors (Lipinski definition) is 9. The van der Waals surface area contributed by atoms with Crippen molar-refractivity contribution in [2.45, 2.75) is 62.9 Å². The summed E-state index contributed by atoms with van der Waals surface area (Å²) in [4.78, 5) is 55.8. The minimum atomic E-state index is -1.57. The van der Waals surface area contributed by atoms with Crippen LogP contribution in [-0.4, -0.2) is 86.4 Å². The summed E-state index contributed by atoms with van der Waals surface area (Å²) in [6.07, 6.45) is 3.32. The Bertz CT molecular complexity index is 777. The Morgan fingerprint density at radius 3 is 2.27 bits per heavy atom. The van der Waals surface area contributed by atoms with Crippen LogP contribution in [0.5, 0.6) is 0 Å². The Kier molecular flexibility index (Phi) is 12.4. The summed E-state index contributed by atoms with van der Waals surface area (Å²) in [5.41, 5.74) is 11.9. The zero-order valence-corrected chi connectivity index (χ0v) is 19.3. The molecule has 0 aromatic carbocycles. The lowest BCUT2D eigenvalue weighted by Gasteiger charge is -2.25. The van der Waals surface area contributed by atoms with Crippen molar-refractivity contribution in [1.82, 2.24) is 25.9 Å². The summed E-state index contributed by atoms with van der Waals surface area (Å²) in [6.45, 7) is 1.68. The van der Waals surface area contributed by atoms with Crippen LogP contribution in [0.2, 0.25) is 0 Å². The second-order valence-electron chi connectivity index (χ2n) is 7.54. The minimum absolute atomic E-state index is 0.0411. The summed E-state index contributed by atoms with van der Waals surface area (Å²) in [5, 5.41) is 25.9. The van der Waals surface area contributed by atoms with Crippen LogP contribution in [0, 0.1) is 0 Å². The topological polar surface area (TPSA) is 226 Å². The van der Waals surface area contributed by atoms with E-state index < -0.39 is 54.0 Å². The molecule has 0 aliphatic carbocycles. The molecule has 1 aromatic heterocycles. The molecular weight excluding hydrogens is 454 g/mol. The van der Waals surface area contributed by atoms with Crippen LogP contribution >= 0.6 is 12.6 Å². The third kappa shape index (κ3) is 9.77. The maximum atomic E-state index is 12.9. The Morgan fingerprint density at radius 1 is 1.12 bits per heavy atom. The van der Waals surface area contributed by atoms with Gasteiger partial charge in [-0.2, -0.15) is 12.6 Å². The van der Waals surface area contributed by atoms with Gasteiger partial charge in [-0.25, -0.2) is 9.78 Å². The molecule has 0 radical (unpaired) electrons. The van der Waals surface area contributed by atoms with Crippen molar-refractivity contribution in [3.63, 3.8) is 0 Å². The van der Waals surface area contributed by atoms with Gasteiger partial charge < -0.3 is 42.6 Å². The molecule has 14 heteroatoms. The van der Waals surface area contributed by atoms with E-state index in [1.165, 1.54) is 19.4 Å². The van der Waals surface area contributed by atoms with E-state index in [9.17, 15) is 24.3 Å². The van der Waals surface area contributed by atoms with Crippen molar-refractivity contribution in [3.8, 4) is 0 Å². The molecule has 5 unspecified atom stereocenters. The molecule has 1 heterocycles. The van der Waals surface area contributed by atoms with E-state index in [4.69, 9.17) is 16.6 Å². The number of imidazole rings is 1. The predicted molar refractivity (Wildman–Crippen MR) is 122 cm³/mol. The fourth-order valence-corrected chi connectivity index (χ4v) is 3.11. The lowest BCUT2D eigenvalue weighted by atomic mass is 10.1. The SMILES string of the molecule is CC(O)C(NC(=O)C(CS)NC(=O)C(Cc1cnc[nH]1)NC(=O)C(N)CCCCN)C(=O)O. The van der Waals surface area contributed by atoms with Crippen LogP contribution in [0.4, 0.5) is 0 Å². The van der Waals surface area contributed by atoms with E-state index in [-0.39, 0.29) is 12.2 Å². The average molecular weight is 488 g/mol. The van der Waals surface area contributed by atoms with Gasteiger partial charge in [-0.1, -0.05) is 6.42 Å². The monoisotopic (exact) mass is 487 g/mol. The zero-order chi connectivity index (χ0) is 25.0. The van der Waals surface area contributed by atoms with Gasteiger partial charge in [0.2, 0.25) is 17.7 Å². The number of aliphatic hydroxyl groups excluding tert-OH is 1. The first-order valence-corrected chi connectivity index (χ1v) is 11.1.